The fraction of sp³-hybridized carbons (Fsp3) is 0.250. The summed E-state index contributed by atoms with van der Waals surface area (Å²) in [6, 6.07) is 5.32. The third kappa shape index (κ3) is 1.86. The summed E-state index contributed by atoms with van der Waals surface area (Å²) >= 11 is 0. The van der Waals surface area contributed by atoms with Gasteiger partial charge in [-0.15, -0.1) is 0 Å². The molecule has 0 spiro atoms. The molecule has 1 N–H and O–H groups in total. The number of amides is 1. The lowest BCUT2D eigenvalue weighted by Gasteiger charge is -2.27. The highest BCUT2D eigenvalue weighted by molar-refractivity contribution is 5.87. The van der Waals surface area contributed by atoms with Crippen LogP contribution >= 0.6 is 0 Å². The summed E-state index contributed by atoms with van der Waals surface area (Å²) < 4.78 is 0. The molecule has 0 bridgehead atoms. The summed E-state index contributed by atoms with van der Waals surface area (Å²) in [7, 11) is 0. The van der Waals surface area contributed by atoms with Crippen molar-refractivity contribution in [1.82, 2.24) is 4.90 Å². The van der Waals surface area contributed by atoms with E-state index in [2.05, 4.69) is 6.58 Å². The highest BCUT2D eigenvalue weighted by Gasteiger charge is 2.18. The third-order valence-corrected chi connectivity index (χ3v) is 2.69. The number of fused-ring (bicyclic) bond motifs is 1. The first-order valence-electron chi connectivity index (χ1n) is 4.93. The van der Waals surface area contributed by atoms with E-state index in [0.29, 0.717) is 6.54 Å². The summed E-state index contributed by atoms with van der Waals surface area (Å²) in [5.41, 5.74) is 2.23. The van der Waals surface area contributed by atoms with E-state index in [-0.39, 0.29) is 11.7 Å². The van der Waals surface area contributed by atoms with E-state index >= 15 is 0 Å². The molecule has 0 fully saturated rings. The van der Waals surface area contributed by atoms with Crippen molar-refractivity contribution in [3.63, 3.8) is 0 Å². The first-order chi connectivity index (χ1) is 7.20. The van der Waals surface area contributed by atoms with Gasteiger partial charge in [0.05, 0.1) is 0 Å². The summed E-state index contributed by atoms with van der Waals surface area (Å²) in [6.07, 6.45) is 2.17. The molecule has 1 aromatic rings. The molecule has 3 nitrogen and oxygen atoms in total. The number of hydrogen-bond donors (Lipinski definition) is 1. The second kappa shape index (κ2) is 3.77. The number of nitrogens with zero attached hydrogens (tertiary/aromatic N) is 1. The van der Waals surface area contributed by atoms with Crippen LogP contribution < -0.4 is 0 Å². The van der Waals surface area contributed by atoms with Crippen LogP contribution in [0.3, 0.4) is 0 Å². The van der Waals surface area contributed by atoms with Crippen molar-refractivity contribution in [3.05, 3.63) is 42.0 Å². The van der Waals surface area contributed by atoms with Gasteiger partial charge in [0.25, 0.3) is 0 Å². The van der Waals surface area contributed by atoms with E-state index in [0.717, 1.165) is 18.5 Å². The van der Waals surface area contributed by atoms with Gasteiger partial charge in [-0.2, -0.15) is 0 Å². The highest BCUT2D eigenvalue weighted by Crippen LogP contribution is 2.23. The number of phenols is 1. The largest absolute Gasteiger partial charge is 0.508 e. The van der Waals surface area contributed by atoms with E-state index in [1.165, 1.54) is 11.6 Å². The summed E-state index contributed by atoms with van der Waals surface area (Å²) in [5.74, 6) is 0.200. The van der Waals surface area contributed by atoms with Crippen molar-refractivity contribution in [2.75, 3.05) is 6.54 Å². The first-order valence-corrected chi connectivity index (χ1v) is 4.93. The molecule has 2 rings (SSSR count). The number of phenolic OH excluding ortho intramolecular Hbond substituents is 1. The van der Waals surface area contributed by atoms with E-state index in [4.69, 9.17) is 0 Å². The smallest absolute Gasteiger partial charge is 0.246 e. The molecule has 1 heterocycles. The Morgan fingerprint density at radius 2 is 2.27 bits per heavy atom. The van der Waals surface area contributed by atoms with Crippen LogP contribution in [0.2, 0.25) is 0 Å². The van der Waals surface area contributed by atoms with E-state index in [9.17, 15) is 9.90 Å². The van der Waals surface area contributed by atoms with Gasteiger partial charge in [-0.1, -0.05) is 12.6 Å². The maximum Gasteiger partial charge on any atom is 0.246 e. The van der Waals surface area contributed by atoms with Crippen LogP contribution in [0, 0.1) is 0 Å². The van der Waals surface area contributed by atoms with Crippen LogP contribution in [-0.4, -0.2) is 22.5 Å². The SMILES string of the molecule is C=CC(=O)N1CCc2ccc(O)cc2C1. The molecular weight excluding hydrogens is 190 g/mol. The average molecular weight is 203 g/mol. The zero-order valence-corrected chi connectivity index (χ0v) is 8.44. The average Bonchev–Trinajstić information content (AvgIpc) is 2.27. The highest BCUT2D eigenvalue weighted by atomic mass is 16.3. The molecule has 0 radical (unpaired) electrons. The number of benzene rings is 1. The van der Waals surface area contributed by atoms with Crippen molar-refractivity contribution in [2.24, 2.45) is 0 Å². The number of rotatable bonds is 1. The van der Waals surface area contributed by atoms with Gasteiger partial charge in [-0.25, -0.2) is 0 Å². The quantitative estimate of drug-likeness (QED) is 0.702. The van der Waals surface area contributed by atoms with Gasteiger partial charge < -0.3 is 10.0 Å². The first kappa shape index (κ1) is 9.77. The zero-order valence-electron chi connectivity index (χ0n) is 8.44. The predicted molar refractivity (Wildman–Crippen MR) is 57.4 cm³/mol. The van der Waals surface area contributed by atoms with Gasteiger partial charge in [0.2, 0.25) is 5.91 Å². The Kier molecular flexibility index (Phi) is 2.46. The molecule has 0 aliphatic carbocycles. The van der Waals surface area contributed by atoms with Crippen LogP contribution in [0.4, 0.5) is 0 Å². The molecule has 1 amide bonds. The Bertz CT molecular complexity index is 412. The maximum absolute atomic E-state index is 11.4. The molecule has 0 aromatic heterocycles. The molecule has 78 valence electrons. The minimum absolute atomic E-state index is 0.0519. The molecule has 1 aliphatic rings. The van der Waals surface area contributed by atoms with Crippen LogP contribution in [0.15, 0.2) is 30.9 Å². The number of carbonyl (C=O) groups is 1. The Labute approximate surface area is 88.6 Å². The Balaban J connectivity index is 2.25. The van der Waals surface area contributed by atoms with Crippen molar-refractivity contribution >= 4 is 5.91 Å². The van der Waals surface area contributed by atoms with Crippen LogP contribution in [-0.2, 0) is 17.8 Å². The monoisotopic (exact) mass is 203 g/mol. The fourth-order valence-electron chi connectivity index (χ4n) is 1.86. The topological polar surface area (TPSA) is 40.5 Å². The molecule has 15 heavy (non-hydrogen) atoms. The van der Waals surface area contributed by atoms with E-state index in [1.54, 1.807) is 17.0 Å². The van der Waals surface area contributed by atoms with E-state index < -0.39 is 0 Å². The van der Waals surface area contributed by atoms with Crippen LogP contribution in [0.1, 0.15) is 11.1 Å². The van der Waals surface area contributed by atoms with Gasteiger partial charge in [0.15, 0.2) is 0 Å². The van der Waals surface area contributed by atoms with Crippen LogP contribution in [0.5, 0.6) is 5.75 Å². The van der Waals surface area contributed by atoms with Crippen molar-refractivity contribution in [3.8, 4) is 5.75 Å². The zero-order chi connectivity index (χ0) is 10.8. The van der Waals surface area contributed by atoms with Crippen LogP contribution in [0.25, 0.3) is 0 Å². The normalized spacial score (nSPS) is 14.5. The molecule has 0 saturated heterocycles. The second-order valence-electron chi connectivity index (χ2n) is 3.67. The van der Waals surface area contributed by atoms with Gasteiger partial charge in [0.1, 0.15) is 5.75 Å². The minimum Gasteiger partial charge on any atom is -0.508 e. The fourth-order valence-corrected chi connectivity index (χ4v) is 1.86. The summed E-state index contributed by atoms with van der Waals surface area (Å²) in [5, 5.41) is 9.35. The van der Waals surface area contributed by atoms with E-state index in [1.807, 2.05) is 6.07 Å². The molecule has 0 atom stereocenters. The number of hydrogen-bond acceptors (Lipinski definition) is 2. The number of aromatic hydroxyl groups is 1. The Hall–Kier alpha value is -1.77. The van der Waals surface area contributed by atoms with Gasteiger partial charge in [-0.3, -0.25) is 4.79 Å². The maximum atomic E-state index is 11.4. The molecule has 0 unspecified atom stereocenters. The van der Waals surface area contributed by atoms with Crippen molar-refractivity contribution < 1.29 is 9.90 Å². The summed E-state index contributed by atoms with van der Waals surface area (Å²) in [6.45, 7) is 4.76. The molecule has 0 saturated carbocycles. The van der Waals surface area contributed by atoms with Crippen molar-refractivity contribution in [2.45, 2.75) is 13.0 Å². The predicted octanol–water partition coefficient (Wildman–Crippen LogP) is 1.46. The van der Waals surface area contributed by atoms with Crippen molar-refractivity contribution in [1.29, 1.82) is 0 Å². The second-order valence-corrected chi connectivity index (χ2v) is 3.67. The van der Waals surface area contributed by atoms with Gasteiger partial charge in [-0.05, 0) is 35.8 Å². The Morgan fingerprint density at radius 3 is 3.00 bits per heavy atom. The lowest BCUT2D eigenvalue weighted by atomic mass is 9.99. The standard InChI is InChI=1S/C12H13NO2/c1-2-12(15)13-6-5-9-3-4-11(14)7-10(9)8-13/h2-4,7,14H,1,5-6,8H2. The summed E-state index contributed by atoms with van der Waals surface area (Å²) in [4.78, 5) is 13.1. The number of carbonyl (C=O) groups excluding carboxylic acids is 1. The minimum atomic E-state index is -0.0519. The van der Waals surface area contributed by atoms with Gasteiger partial charge >= 0.3 is 0 Å². The molecule has 3 heteroatoms. The lowest BCUT2D eigenvalue weighted by Crippen LogP contribution is -2.34. The lowest BCUT2D eigenvalue weighted by molar-refractivity contribution is -0.126. The molecular formula is C12H13NO2. The van der Waals surface area contributed by atoms with Gasteiger partial charge in [0, 0.05) is 13.1 Å². The third-order valence-electron chi connectivity index (χ3n) is 2.69. The Morgan fingerprint density at radius 1 is 1.47 bits per heavy atom. The molecule has 1 aliphatic heterocycles. The molecule has 1 aromatic carbocycles.